The molecule has 27 heavy (non-hydrogen) atoms. The van der Waals surface area contributed by atoms with Gasteiger partial charge >= 0.3 is 51.4 Å². The molecule has 0 spiro atoms. The van der Waals surface area contributed by atoms with E-state index in [4.69, 9.17) is 9.29 Å². The van der Waals surface area contributed by atoms with Gasteiger partial charge in [0.2, 0.25) is 0 Å². The second kappa shape index (κ2) is 12.2. The first-order valence-corrected chi connectivity index (χ1v) is 10.4. The van der Waals surface area contributed by atoms with Crippen molar-refractivity contribution in [2.24, 2.45) is 0 Å². The van der Waals surface area contributed by atoms with Crippen molar-refractivity contribution in [3.63, 3.8) is 0 Å². The summed E-state index contributed by atoms with van der Waals surface area (Å²) >= 11 is 0. The standard InChI is InChI=1S/C20H26O5S.K/c1-2-3-4-5-6-7-10-16-11-8-9-12-20(16)25-18-13-17(21)14-19(15-18)26(22,23)24;/h8-9,11-15,21H,2-7,10H2,1H3,(H,22,23,24);/q;+1/p-1. The molecule has 0 saturated heterocycles. The van der Waals surface area contributed by atoms with Crippen molar-refractivity contribution in [2.75, 3.05) is 0 Å². The smallest absolute Gasteiger partial charge is 0.872 e. The first-order valence-electron chi connectivity index (χ1n) is 8.95. The summed E-state index contributed by atoms with van der Waals surface area (Å²) in [5.41, 5.74) is 1.01. The molecule has 0 bridgehead atoms. The summed E-state index contributed by atoms with van der Waals surface area (Å²) in [6.45, 7) is 2.19. The molecule has 0 aliphatic heterocycles. The zero-order chi connectivity index (χ0) is 19.0. The fourth-order valence-electron chi connectivity index (χ4n) is 2.79. The molecule has 5 nitrogen and oxygen atoms in total. The third kappa shape index (κ3) is 8.64. The molecule has 2 rings (SSSR count). The Labute approximate surface area is 204 Å². The molecule has 0 amide bonds. The Morgan fingerprint density at radius 3 is 2.37 bits per heavy atom. The Morgan fingerprint density at radius 1 is 1.00 bits per heavy atom. The van der Waals surface area contributed by atoms with Gasteiger partial charge in [-0.05, 0) is 36.6 Å². The van der Waals surface area contributed by atoms with E-state index >= 15 is 0 Å². The number of unbranched alkanes of at least 4 members (excludes halogenated alkanes) is 5. The minimum Gasteiger partial charge on any atom is -0.872 e. The predicted molar refractivity (Wildman–Crippen MR) is 99.3 cm³/mol. The van der Waals surface area contributed by atoms with Crippen LogP contribution in [0.25, 0.3) is 0 Å². The van der Waals surface area contributed by atoms with Gasteiger partial charge in [0.1, 0.15) is 11.5 Å². The van der Waals surface area contributed by atoms with Gasteiger partial charge in [-0.2, -0.15) is 8.42 Å². The molecule has 2 aromatic rings. The van der Waals surface area contributed by atoms with Crippen molar-refractivity contribution >= 4 is 10.1 Å². The normalized spacial score (nSPS) is 11.0. The monoisotopic (exact) mass is 416 g/mol. The van der Waals surface area contributed by atoms with E-state index in [0.29, 0.717) is 5.75 Å². The number of rotatable bonds is 10. The SMILES string of the molecule is CCCCCCCCc1ccccc1Oc1cc([O-])cc(S(=O)(=O)O)c1.[K+]. The van der Waals surface area contributed by atoms with Crippen molar-refractivity contribution in [3.8, 4) is 17.2 Å². The maximum absolute atomic E-state index is 11.7. The molecule has 0 unspecified atom stereocenters. The summed E-state index contributed by atoms with van der Waals surface area (Å²) < 4.78 is 37.4. The Bertz CT molecular complexity index is 821. The second-order valence-electron chi connectivity index (χ2n) is 6.34. The summed E-state index contributed by atoms with van der Waals surface area (Å²) in [7, 11) is -4.46. The van der Waals surface area contributed by atoms with Crippen molar-refractivity contribution in [1.82, 2.24) is 0 Å². The van der Waals surface area contributed by atoms with Crippen LogP contribution in [0, 0.1) is 0 Å². The van der Waals surface area contributed by atoms with E-state index in [9.17, 15) is 13.5 Å². The van der Waals surface area contributed by atoms with Gasteiger partial charge < -0.3 is 9.84 Å². The molecule has 0 radical (unpaired) electrons. The van der Waals surface area contributed by atoms with Gasteiger partial charge in [-0.1, -0.05) is 57.2 Å². The fraction of sp³-hybridized carbons (Fsp3) is 0.400. The van der Waals surface area contributed by atoms with Gasteiger partial charge in [0, 0.05) is 6.07 Å². The van der Waals surface area contributed by atoms with E-state index in [1.807, 2.05) is 18.2 Å². The molecule has 142 valence electrons. The molecule has 0 heterocycles. The van der Waals surface area contributed by atoms with Crippen LogP contribution in [0.2, 0.25) is 0 Å². The van der Waals surface area contributed by atoms with Crippen molar-refractivity contribution in [2.45, 2.75) is 56.8 Å². The van der Waals surface area contributed by atoms with Gasteiger partial charge in [0.25, 0.3) is 10.1 Å². The molecule has 0 aliphatic carbocycles. The molecule has 7 heteroatoms. The molecule has 0 atom stereocenters. The van der Waals surface area contributed by atoms with E-state index in [0.717, 1.165) is 37.0 Å². The largest absolute Gasteiger partial charge is 1.00 e. The molecule has 1 N–H and O–H groups in total. The van der Waals surface area contributed by atoms with Crippen LogP contribution < -0.4 is 61.2 Å². The molecule has 0 saturated carbocycles. The molecular weight excluding hydrogens is 391 g/mol. The second-order valence-corrected chi connectivity index (χ2v) is 7.76. The number of ether oxygens (including phenoxy) is 1. The summed E-state index contributed by atoms with van der Waals surface area (Å²) in [6.07, 6.45) is 8.00. The van der Waals surface area contributed by atoms with Crippen LogP contribution in [-0.4, -0.2) is 13.0 Å². The Hall–Kier alpha value is -0.414. The van der Waals surface area contributed by atoms with Crippen LogP contribution in [0.3, 0.4) is 0 Å². The molecular formula is C20H25KO5S. The maximum atomic E-state index is 11.7. The van der Waals surface area contributed by atoms with E-state index in [2.05, 4.69) is 6.92 Å². The number of benzene rings is 2. The minimum absolute atomic E-state index is 0. The van der Waals surface area contributed by atoms with E-state index in [-0.39, 0.29) is 57.1 Å². The van der Waals surface area contributed by atoms with Gasteiger partial charge in [-0.25, -0.2) is 0 Å². The quantitative estimate of drug-likeness (QED) is 0.362. The average molecular weight is 417 g/mol. The van der Waals surface area contributed by atoms with Crippen molar-refractivity contribution < 1.29 is 74.2 Å². The van der Waals surface area contributed by atoms with Crippen molar-refractivity contribution in [3.05, 3.63) is 48.0 Å². The number of para-hydroxylation sites is 1. The molecule has 2 aromatic carbocycles. The van der Waals surface area contributed by atoms with Gasteiger partial charge in [0.05, 0.1) is 4.90 Å². The minimum atomic E-state index is -4.46. The summed E-state index contributed by atoms with van der Waals surface area (Å²) in [5, 5.41) is 11.7. The van der Waals surface area contributed by atoms with Gasteiger partial charge in [-0.3, -0.25) is 4.55 Å². The fourth-order valence-corrected chi connectivity index (χ4v) is 3.32. The Kier molecular flexibility index (Phi) is 11.1. The topological polar surface area (TPSA) is 86.7 Å². The maximum Gasteiger partial charge on any atom is 1.00 e. The molecule has 0 aromatic heterocycles. The van der Waals surface area contributed by atoms with E-state index < -0.39 is 20.8 Å². The molecule has 0 fully saturated rings. The third-order valence-corrected chi connectivity index (χ3v) is 4.98. The number of aryl methyl sites for hydroxylation is 1. The summed E-state index contributed by atoms with van der Waals surface area (Å²) in [5.74, 6) is 0.150. The van der Waals surface area contributed by atoms with Gasteiger partial charge in [-0.15, -0.1) is 5.75 Å². The first kappa shape index (κ1) is 24.6. The Balaban J connectivity index is 0.00000364. The van der Waals surface area contributed by atoms with Crippen LogP contribution in [0.15, 0.2) is 47.4 Å². The Morgan fingerprint density at radius 2 is 1.67 bits per heavy atom. The zero-order valence-electron chi connectivity index (χ0n) is 16.0. The summed E-state index contributed by atoms with van der Waals surface area (Å²) in [4.78, 5) is -0.464. The zero-order valence-corrected chi connectivity index (χ0v) is 19.9. The van der Waals surface area contributed by atoms with Gasteiger partial charge in [0.15, 0.2) is 0 Å². The van der Waals surface area contributed by atoms with Crippen LogP contribution in [0.5, 0.6) is 17.2 Å². The molecule has 0 aliphatic rings. The van der Waals surface area contributed by atoms with Crippen LogP contribution in [0.4, 0.5) is 0 Å². The van der Waals surface area contributed by atoms with E-state index in [1.165, 1.54) is 31.7 Å². The number of hydrogen-bond donors (Lipinski definition) is 1. The van der Waals surface area contributed by atoms with Crippen LogP contribution >= 0.6 is 0 Å². The van der Waals surface area contributed by atoms with Crippen LogP contribution in [0.1, 0.15) is 51.0 Å². The first-order chi connectivity index (χ1) is 12.4. The van der Waals surface area contributed by atoms with Crippen molar-refractivity contribution in [1.29, 1.82) is 0 Å². The summed E-state index contributed by atoms with van der Waals surface area (Å²) in [6, 6.07) is 10.7. The average Bonchev–Trinajstić information content (AvgIpc) is 2.58. The van der Waals surface area contributed by atoms with E-state index in [1.54, 1.807) is 6.07 Å². The predicted octanol–water partition coefficient (Wildman–Crippen LogP) is 1.71. The third-order valence-electron chi connectivity index (χ3n) is 4.15. The number of hydrogen-bond acceptors (Lipinski definition) is 4. The van der Waals surface area contributed by atoms with Crippen LogP contribution in [-0.2, 0) is 16.5 Å².